The van der Waals surface area contributed by atoms with Gasteiger partial charge in [-0.1, -0.05) is 28.1 Å². The first-order valence-electron chi connectivity index (χ1n) is 5.69. The maximum Gasteiger partial charge on any atom is 0.355 e. The molecule has 1 aromatic heterocycles. The van der Waals surface area contributed by atoms with Crippen molar-refractivity contribution in [2.75, 3.05) is 0 Å². The van der Waals surface area contributed by atoms with Gasteiger partial charge in [0.05, 0.1) is 11.1 Å². The zero-order chi connectivity index (χ0) is 14.7. The summed E-state index contributed by atoms with van der Waals surface area (Å²) in [6.45, 7) is 0.116. The quantitative estimate of drug-likeness (QED) is 0.487. The summed E-state index contributed by atoms with van der Waals surface area (Å²) in [5.74, 6) is -0.594. The lowest BCUT2D eigenvalue weighted by atomic mass is 10.2. The summed E-state index contributed by atoms with van der Waals surface area (Å²) in [6, 6.07) is 8.53. The molecule has 0 radical (unpaired) electrons. The number of aryl methyl sites for hydroxylation is 1. The van der Waals surface area contributed by atoms with E-state index < -0.39 is 10.9 Å². The first-order valence-corrected chi connectivity index (χ1v) is 6.49. The number of ether oxygens (including phenoxy) is 1. The van der Waals surface area contributed by atoms with Gasteiger partial charge in [-0.15, -0.1) is 0 Å². The molecule has 0 N–H and O–H groups in total. The lowest BCUT2D eigenvalue weighted by Crippen LogP contribution is -2.09. The van der Waals surface area contributed by atoms with Crippen LogP contribution in [0.5, 0.6) is 0 Å². The number of hydrogen-bond acceptors (Lipinski definition) is 4. The van der Waals surface area contributed by atoms with E-state index in [1.807, 2.05) is 24.3 Å². The SMILES string of the molecule is Cn1cc([N+](=O)[O-])cc1C(=O)OCc1ccc(Br)cc1. The minimum absolute atomic E-state index is 0.116. The molecule has 7 heteroatoms. The third kappa shape index (κ3) is 3.24. The summed E-state index contributed by atoms with van der Waals surface area (Å²) in [5, 5.41) is 10.6. The molecule has 0 aliphatic carbocycles. The molecule has 0 saturated carbocycles. The molecule has 0 atom stereocenters. The fourth-order valence-electron chi connectivity index (χ4n) is 1.65. The molecule has 0 bridgehead atoms. The van der Waals surface area contributed by atoms with Crippen LogP contribution in [0, 0.1) is 10.1 Å². The van der Waals surface area contributed by atoms with Gasteiger partial charge in [0, 0.05) is 17.6 Å². The van der Waals surface area contributed by atoms with Crippen LogP contribution in [-0.2, 0) is 18.4 Å². The second kappa shape index (κ2) is 5.87. The molecule has 2 aromatic rings. The summed E-state index contributed by atoms with van der Waals surface area (Å²) in [5.41, 5.74) is 0.849. The molecule has 1 heterocycles. The van der Waals surface area contributed by atoms with Crippen LogP contribution in [-0.4, -0.2) is 15.5 Å². The molecule has 0 aliphatic rings. The smallest absolute Gasteiger partial charge is 0.355 e. The Morgan fingerprint density at radius 3 is 2.60 bits per heavy atom. The molecule has 6 nitrogen and oxygen atoms in total. The van der Waals surface area contributed by atoms with Crippen LogP contribution in [0.4, 0.5) is 5.69 Å². The summed E-state index contributed by atoms with van der Waals surface area (Å²) in [6.07, 6.45) is 1.27. The van der Waals surface area contributed by atoms with Crippen LogP contribution in [0.25, 0.3) is 0 Å². The second-order valence-electron chi connectivity index (χ2n) is 4.15. The fourth-order valence-corrected chi connectivity index (χ4v) is 1.92. The highest BCUT2D eigenvalue weighted by Crippen LogP contribution is 2.17. The Kier molecular flexibility index (Phi) is 4.19. The molecule has 0 amide bonds. The number of aromatic nitrogens is 1. The number of esters is 1. The van der Waals surface area contributed by atoms with E-state index >= 15 is 0 Å². The summed E-state index contributed by atoms with van der Waals surface area (Å²) in [7, 11) is 1.56. The molecule has 0 spiro atoms. The van der Waals surface area contributed by atoms with Crippen LogP contribution in [0.1, 0.15) is 16.1 Å². The topological polar surface area (TPSA) is 74.4 Å². The molecule has 0 unspecified atom stereocenters. The first kappa shape index (κ1) is 14.3. The molecular formula is C13H11BrN2O4. The van der Waals surface area contributed by atoms with Gasteiger partial charge in [-0.3, -0.25) is 10.1 Å². The van der Waals surface area contributed by atoms with Crippen molar-refractivity contribution >= 4 is 27.6 Å². The highest BCUT2D eigenvalue weighted by atomic mass is 79.9. The minimum Gasteiger partial charge on any atom is -0.456 e. The Morgan fingerprint density at radius 2 is 2.05 bits per heavy atom. The number of hydrogen-bond donors (Lipinski definition) is 0. The van der Waals surface area contributed by atoms with Crippen LogP contribution in [0.2, 0.25) is 0 Å². The Labute approximate surface area is 123 Å². The predicted octanol–water partition coefficient (Wildman–Crippen LogP) is 3.05. The average molecular weight is 339 g/mol. The van der Waals surface area contributed by atoms with Crippen molar-refractivity contribution in [3.8, 4) is 0 Å². The summed E-state index contributed by atoms with van der Waals surface area (Å²) in [4.78, 5) is 22.0. The third-order valence-electron chi connectivity index (χ3n) is 2.69. The van der Waals surface area contributed by atoms with Gasteiger partial charge in [0.15, 0.2) is 0 Å². The van der Waals surface area contributed by atoms with Crippen molar-refractivity contribution in [1.29, 1.82) is 0 Å². The van der Waals surface area contributed by atoms with E-state index in [2.05, 4.69) is 15.9 Å². The first-order chi connectivity index (χ1) is 9.47. The Hall–Kier alpha value is -2.15. The van der Waals surface area contributed by atoms with Crippen molar-refractivity contribution in [3.05, 3.63) is 62.4 Å². The van der Waals surface area contributed by atoms with E-state index in [0.29, 0.717) is 0 Å². The van der Waals surface area contributed by atoms with E-state index in [1.54, 1.807) is 7.05 Å². The Balaban J connectivity index is 2.05. The van der Waals surface area contributed by atoms with Gasteiger partial charge in [-0.25, -0.2) is 4.79 Å². The van der Waals surface area contributed by atoms with Gasteiger partial charge in [0.25, 0.3) is 5.69 Å². The number of halogens is 1. The molecule has 0 aliphatic heterocycles. The van der Waals surface area contributed by atoms with E-state index in [4.69, 9.17) is 4.74 Å². The highest BCUT2D eigenvalue weighted by molar-refractivity contribution is 9.10. The number of nitro groups is 1. The van der Waals surface area contributed by atoms with Gasteiger partial charge in [0.1, 0.15) is 12.3 Å². The average Bonchev–Trinajstić information content (AvgIpc) is 2.80. The van der Waals surface area contributed by atoms with Gasteiger partial charge in [0.2, 0.25) is 0 Å². The lowest BCUT2D eigenvalue weighted by molar-refractivity contribution is -0.384. The van der Waals surface area contributed by atoms with Gasteiger partial charge in [-0.05, 0) is 17.7 Å². The number of rotatable bonds is 4. The number of nitrogens with zero attached hydrogens (tertiary/aromatic N) is 2. The molecule has 0 fully saturated rings. The summed E-state index contributed by atoms with van der Waals surface area (Å²) >= 11 is 3.31. The monoisotopic (exact) mass is 338 g/mol. The van der Waals surface area contributed by atoms with Gasteiger partial charge in [-0.2, -0.15) is 0 Å². The number of benzene rings is 1. The number of carbonyl (C=O) groups excluding carboxylic acids is 1. The van der Waals surface area contributed by atoms with Crippen molar-refractivity contribution < 1.29 is 14.5 Å². The van der Waals surface area contributed by atoms with E-state index in [9.17, 15) is 14.9 Å². The molecular weight excluding hydrogens is 328 g/mol. The Morgan fingerprint density at radius 1 is 1.40 bits per heavy atom. The zero-order valence-corrected chi connectivity index (χ0v) is 12.2. The zero-order valence-electron chi connectivity index (χ0n) is 10.6. The standard InChI is InChI=1S/C13H11BrN2O4/c1-15-7-11(16(18)19)6-12(15)13(17)20-8-9-2-4-10(14)5-3-9/h2-7H,8H2,1H3. The molecule has 20 heavy (non-hydrogen) atoms. The van der Waals surface area contributed by atoms with E-state index in [1.165, 1.54) is 16.8 Å². The van der Waals surface area contributed by atoms with Crippen molar-refractivity contribution in [2.45, 2.75) is 6.61 Å². The molecule has 2 rings (SSSR count). The lowest BCUT2D eigenvalue weighted by Gasteiger charge is -2.05. The summed E-state index contributed by atoms with van der Waals surface area (Å²) < 4.78 is 7.44. The third-order valence-corrected chi connectivity index (χ3v) is 3.22. The maximum atomic E-state index is 11.9. The van der Waals surface area contributed by atoms with Crippen LogP contribution in [0.15, 0.2) is 41.0 Å². The van der Waals surface area contributed by atoms with Gasteiger partial charge < -0.3 is 9.30 Å². The predicted molar refractivity (Wildman–Crippen MR) is 75.3 cm³/mol. The molecule has 1 aromatic carbocycles. The van der Waals surface area contributed by atoms with Crippen LogP contribution < -0.4 is 0 Å². The van der Waals surface area contributed by atoms with E-state index in [0.717, 1.165) is 10.0 Å². The van der Waals surface area contributed by atoms with Crippen molar-refractivity contribution in [2.24, 2.45) is 7.05 Å². The van der Waals surface area contributed by atoms with Crippen molar-refractivity contribution in [3.63, 3.8) is 0 Å². The Bertz CT molecular complexity index is 649. The largest absolute Gasteiger partial charge is 0.456 e. The number of carbonyl (C=O) groups is 1. The van der Waals surface area contributed by atoms with Crippen LogP contribution in [0.3, 0.4) is 0 Å². The fraction of sp³-hybridized carbons (Fsp3) is 0.154. The maximum absolute atomic E-state index is 11.9. The molecule has 0 saturated heterocycles. The van der Waals surface area contributed by atoms with Crippen LogP contribution >= 0.6 is 15.9 Å². The highest BCUT2D eigenvalue weighted by Gasteiger charge is 2.18. The normalized spacial score (nSPS) is 10.3. The molecule has 104 valence electrons. The van der Waals surface area contributed by atoms with E-state index in [-0.39, 0.29) is 18.0 Å². The van der Waals surface area contributed by atoms with Gasteiger partial charge >= 0.3 is 5.97 Å². The van der Waals surface area contributed by atoms with Crippen molar-refractivity contribution in [1.82, 2.24) is 4.57 Å². The second-order valence-corrected chi connectivity index (χ2v) is 5.07. The minimum atomic E-state index is -0.594.